The average molecular weight is 265 g/mol. The Labute approximate surface area is 113 Å². The van der Waals surface area contributed by atoms with E-state index in [2.05, 4.69) is 35.5 Å². The van der Waals surface area contributed by atoms with E-state index in [0.29, 0.717) is 5.82 Å². The standard InChI is InChI=1S/C13H11N7/c1-7-17-9-3-2-8(4-10(9)18-7)19-13-12-11(5-16-20-12)14-6-15-13/h2-6H,1H3,(H,16,20)(H,17,18)(H,14,15,19). The van der Waals surface area contributed by atoms with Crippen molar-refractivity contribution in [2.24, 2.45) is 0 Å². The molecule has 0 aliphatic carbocycles. The smallest absolute Gasteiger partial charge is 0.159 e. The van der Waals surface area contributed by atoms with Crippen LogP contribution in [0.2, 0.25) is 0 Å². The summed E-state index contributed by atoms with van der Waals surface area (Å²) in [6.45, 7) is 1.94. The minimum absolute atomic E-state index is 0.697. The monoisotopic (exact) mass is 265 g/mol. The Balaban J connectivity index is 1.78. The number of aromatic amines is 2. The van der Waals surface area contributed by atoms with Crippen LogP contribution >= 0.6 is 0 Å². The largest absolute Gasteiger partial charge is 0.342 e. The molecule has 7 heteroatoms. The fourth-order valence-corrected chi connectivity index (χ4v) is 2.21. The van der Waals surface area contributed by atoms with Crippen LogP contribution in [0.3, 0.4) is 0 Å². The van der Waals surface area contributed by atoms with Gasteiger partial charge in [-0.3, -0.25) is 5.10 Å². The van der Waals surface area contributed by atoms with Gasteiger partial charge < -0.3 is 10.3 Å². The van der Waals surface area contributed by atoms with Gasteiger partial charge in [0.15, 0.2) is 5.82 Å². The second kappa shape index (κ2) is 4.02. The van der Waals surface area contributed by atoms with Gasteiger partial charge in [-0.1, -0.05) is 0 Å². The van der Waals surface area contributed by atoms with Crippen molar-refractivity contribution < 1.29 is 0 Å². The fourth-order valence-electron chi connectivity index (χ4n) is 2.21. The maximum absolute atomic E-state index is 4.38. The van der Waals surface area contributed by atoms with Crippen molar-refractivity contribution in [3.63, 3.8) is 0 Å². The minimum atomic E-state index is 0.697. The Kier molecular flexibility index (Phi) is 2.19. The summed E-state index contributed by atoms with van der Waals surface area (Å²) >= 11 is 0. The average Bonchev–Trinajstić information content (AvgIpc) is 3.03. The van der Waals surface area contributed by atoms with E-state index in [-0.39, 0.29) is 0 Å². The zero-order valence-electron chi connectivity index (χ0n) is 10.7. The highest BCUT2D eigenvalue weighted by Crippen LogP contribution is 2.23. The van der Waals surface area contributed by atoms with Crippen LogP contribution in [0.4, 0.5) is 11.5 Å². The van der Waals surface area contributed by atoms with Crippen molar-refractivity contribution in [2.45, 2.75) is 6.92 Å². The van der Waals surface area contributed by atoms with E-state index < -0.39 is 0 Å². The normalized spacial score (nSPS) is 11.2. The third-order valence-corrected chi connectivity index (χ3v) is 3.10. The Hall–Kier alpha value is -2.96. The summed E-state index contributed by atoms with van der Waals surface area (Å²) < 4.78 is 0. The molecule has 0 saturated carbocycles. The Morgan fingerprint density at radius 1 is 1.15 bits per heavy atom. The fraction of sp³-hybridized carbons (Fsp3) is 0.0769. The summed E-state index contributed by atoms with van der Waals surface area (Å²) in [5.74, 6) is 1.60. The number of hydrogen-bond acceptors (Lipinski definition) is 5. The highest BCUT2D eigenvalue weighted by molar-refractivity contribution is 5.88. The zero-order chi connectivity index (χ0) is 13.5. The van der Waals surface area contributed by atoms with Crippen molar-refractivity contribution in [3.05, 3.63) is 36.5 Å². The van der Waals surface area contributed by atoms with Crippen LogP contribution in [0.5, 0.6) is 0 Å². The number of imidazole rings is 1. The number of nitrogens with zero attached hydrogens (tertiary/aromatic N) is 4. The van der Waals surface area contributed by atoms with Gasteiger partial charge in [-0.15, -0.1) is 0 Å². The second-order valence-corrected chi connectivity index (χ2v) is 4.53. The van der Waals surface area contributed by atoms with Crippen molar-refractivity contribution in [3.8, 4) is 0 Å². The predicted octanol–water partition coefficient (Wildman–Crippen LogP) is 2.28. The number of hydrogen-bond donors (Lipinski definition) is 3. The molecule has 0 atom stereocenters. The lowest BCUT2D eigenvalue weighted by Gasteiger charge is -2.05. The van der Waals surface area contributed by atoms with Crippen LogP contribution in [-0.2, 0) is 0 Å². The lowest BCUT2D eigenvalue weighted by atomic mass is 10.2. The summed E-state index contributed by atoms with van der Waals surface area (Å²) in [7, 11) is 0. The number of H-pyrrole nitrogens is 2. The van der Waals surface area contributed by atoms with Gasteiger partial charge in [-0.05, 0) is 25.1 Å². The van der Waals surface area contributed by atoms with E-state index in [1.807, 2.05) is 25.1 Å². The van der Waals surface area contributed by atoms with E-state index in [4.69, 9.17) is 0 Å². The van der Waals surface area contributed by atoms with Gasteiger partial charge in [0.1, 0.15) is 23.2 Å². The third kappa shape index (κ3) is 1.68. The molecular formula is C13H11N7. The van der Waals surface area contributed by atoms with Crippen LogP contribution < -0.4 is 5.32 Å². The maximum atomic E-state index is 4.38. The summed E-state index contributed by atoms with van der Waals surface area (Å²) in [5.41, 5.74) is 4.43. The molecule has 7 nitrogen and oxygen atoms in total. The number of rotatable bonds is 2. The molecule has 0 spiro atoms. The first kappa shape index (κ1) is 10.9. The topological polar surface area (TPSA) is 95.2 Å². The number of aryl methyl sites for hydroxylation is 1. The van der Waals surface area contributed by atoms with Gasteiger partial charge >= 0.3 is 0 Å². The van der Waals surface area contributed by atoms with Crippen molar-refractivity contribution in [1.82, 2.24) is 30.1 Å². The maximum Gasteiger partial charge on any atom is 0.159 e. The summed E-state index contributed by atoms with van der Waals surface area (Å²) in [6.07, 6.45) is 3.18. The van der Waals surface area contributed by atoms with Gasteiger partial charge in [-0.2, -0.15) is 5.10 Å². The van der Waals surface area contributed by atoms with Gasteiger partial charge in [0.2, 0.25) is 0 Å². The third-order valence-electron chi connectivity index (χ3n) is 3.10. The van der Waals surface area contributed by atoms with Crippen LogP contribution in [0.15, 0.2) is 30.7 Å². The second-order valence-electron chi connectivity index (χ2n) is 4.53. The van der Waals surface area contributed by atoms with Crippen LogP contribution in [-0.4, -0.2) is 30.1 Å². The van der Waals surface area contributed by atoms with Crippen molar-refractivity contribution in [1.29, 1.82) is 0 Å². The van der Waals surface area contributed by atoms with Crippen molar-refractivity contribution in [2.75, 3.05) is 5.32 Å². The molecule has 3 aromatic heterocycles. The summed E-state index contributed by atoms with van der Waals surface area (Å²) in [6, 6.07) is 5.93. The molecule has 0 radical (unpaired) electrons. The molecule has 0 unspecified atom stereocenters. The molecule has 3 N–H and O–H groups in total. The van der Waals surface area contributed by atoms with E-state index in [0.717, 1.165) is 33.6 Å². The van der Waals surface area contributed by atoms with E-state index in [1.54, 1.807) is 6.20 Å². The van der Waals surface area contributed by atoms with E-state index in [9.17, 15) is 0 Å². The number of benzene rings is 1. The molecule has 0 amide bonds. The number of aromatic nitrogens is 6. The van der Waals surface area contributed by atoms with Gasteiger partial charge in [0.05, 0.1) is 17.2 Å². The first-order valence-electron chi connectivity index (χ1n) is 6.17. The molecule has 0 bridgehead atoms. The number of fused-ring (bicyclic) bond motifs is 2. The van der Waals surface area contributed by atoms with E-state index in [1.165, 1.54) is 6.33 Å². The molecule has 0 saturated heterocycles. The highest BCUT2D eigenvalue weighted by Gasteiger charge is 2.07. The minimum Gasteiger partial charge on any atom is -0.342 e. The van der Waals surface area contributed by atoms with Crippen molar-refractivity contribution >= 4 is 33.6 Å². The lowest BCUT2D eigenvalue weighted by Crippen LogP contribution is -1.95. The molecule has 0 aliphatic rings. The Bertz CT molecular complexity index is 905. The van der Waals surface area contributed by atoms with Crippen LogP contribution in [0.1, 0.15) is 5.82 Å². The van der Waals surface area contributed by atoms with E-state index >= 15 is 0 Å². The molecule has 4 rings (SSSR count). The molecular weight excluding hydrogens is 254 g/mol. The first-order chi connectivity index (χ1) is 9.79. The summed E-state index contributed by atoms with van der Waals surface area (Å²) in [5, 5.41) is 10.1. The van der Waals surface area contributed by atoms with Gasteiger partial charge in [0, 0.05) is 5.69 Å². The van der Waals surface area contributed by atoms with Crippen LogP contribution in [0.25, 0.3) is 22.1 Å². The zero-order valence-corrected chi connectivity index (χ0v) is 10.7. The lowest BCUT2D eigenvalue weighted by molar-refractivity contribution is 1.11. The Morgan fingerprint density at radius 3 is 3.05 bits per heavy atom. The summed E-state index contributed by atoms with van der Waals surface area (Å²) in [4.78, 5) is 16.0. The van der Waals surface area contributed by atoms with Crippen LogP contribution in [0, 0.1) is 6.92 Å². The van der Waals surface area contributed by atoms with Gasteiger partial charge in [0.25, 0.3) is 0 Å². The molecule has 0 fully saturated rings. The molecule has 98 valence electrons. The predicted molar refractivity (Wildman–Crippen MR) is 75.8 cm³/mol. The molecule has 4 aromatic rings. The highest BCUT2D eigenvalue weighted by atomic mass is 15.1. The van der Waals surface area contributed by atoms with Gasteiger partial charge in [-0.25, -0.2) is 15.0 Å². The first-order valence-corrected chi connectivity index (χ1v) is 6.17. The quantitative estimate of drug-likeness (QED) is 0.517. The number of nitrogens with one attached hydrogen (secondary N) is 3. The molecule has 3 heterocycles. The molecule has 20 heavy (non-hydrogen) atoms. The molecule has 0 aliphatic heterocycles. The number of anilines is 2. The Morgan fingerprint density at radius 2 is 2.10 bits per heavy atom. The SMILES string of the molecule is Cc1nc2ccc(Nc3ncnc4cn[nH]c34)cc2[nH]1. The molecule has 1 aromatic carbocycles.